The first-order valence-electron chi connectivity index (χ1n) is 10.1. The van der Waals surface area contributed by atoms with E-state index in [0.29, 0.717) is 30.6 Å². The van der Waals surface area contributed by atoms with Crippen LogP contribution in [0.15, 0.2) is 36.8 Å². The van der Waals surface area contributed by atoms with Crippen molar-refractivity contribution >= 4 is 28.9 Å². The van der Waals surface area contributed by atoms with Crippen LogP contribution in [-0.2, 0) is 4.74 Å². The third kappa shape index (κ3) is 4.52. The molecule has 0 bridgehead atoms. The van der Waals surface area contributed by atoms with E-state index < -0.39 is 18.9 Å². The smallest absolute Gasteiger partial charge is 0.270 e. The molecule has 0 saturated carbocycles. The highest BCUT2D eigenvalue weighted by Gasteiger charge is 2.19. The number of nitrogens with one attached hydrogen (secondary N) is 3. The van der Waals surface area contributed by atoms with Gasteiger partial charge in [-0.15, -0.1) is 0 Å². The average molecular weight is 443 g/mol. The zero-order chi connectivity index (χ0) is 22.7. The van der Waals surface area contributed by atoms with E-state index in [-0.39, 0.29) is 11.7 Å². The molecule has 0 aliphatic carbocycles. The van der Waals surface area contributed by atoms with Gasteiger partial charge in [-0.1, -0.05) is 6.08 Å². The Balaban J connectivity index is 1.63. The molecule has 1 atom stereocenters. The zero-order valence-electron chi connectivity index (χ0n) is 17.6. The fourth-order valence-electron chi connectivity index (χ4n) is 3.50. The molecule has 3 N–H and O–H groups in total. The molecule has 4 rings (SSSR count). The average Bonchev–Trinajstić information content (AvgIpc) is 3.20. The Morgan fingerprint density at radius 3 is 2.94 bits per heavy atom. The Kier molecular flexibility index (Phi) is 6.26. The second-order valence-corrected chi connectivity index (χ2v) is 7.35. The van der Waals surface area contributed by atoms with Crippen molar-refractivity contribution in [2.45, 2.75) is 19.4 Å². The van der Waals surface area contributed by atoms with Gasteiger partial charge < -0.3 is 20.7 Å². The Bertz CT molecular complexity index is 1160. The number of imidazole rings is 1. The number of pyridine rings is 1. The second kappa shape index (κ2) is 9.27. The molecule has 0 saturated heterocycles. The second-order valence-electron chi connectivity index (χ2n) is 7.35. The van der Waals surface area contributed by atoms with E-state index >= 15 is 0 Å². The Hall–Kier alpha value is -3.60. The number of amides is 1. The van der Waals surface area contributed by atoms with E-state index in [2.05, 4.69) is 30.9 Å². The number of carbonyl (C=O) groups is 1. The molecule has 0 aromatic carbocycles. The van der Waals surface area contributed by atoms with Gasteiger partial charge in [0, 0.05) is 37.7 Å². The van der Waals surface area contributed by atoms with Crippen molar-refractivity contribution in [2.24, 2.45) is 0 Å². The summed E-state index contributed by atoms with van der Waals surface area (Å²) in [7, 11) is 1.63. The number of nitrogens with zero attached hydrogens (tertiary/aromatic N) is 4. The van der Waals surface area contributed by atoms with E-state index in [1.54, 1.807) is 30.0 Å². The molecule has 3 aromatic rings. The van der Waals surface area contributed by atoms with Gasteiger partial charge in [-0.2, -0.15) is 4.98 Å². The summed E-state index contributed by atoms with van der Waals surface area (Å²) in [6, 6.07) is 3.71. The van der Waals surface area contributed by atoms with Crippen LogP contribution in [0.2, 0.25) is 0 Å². The highest BCUT2D eigenvalue weighted by molar-refractivity contribution is 5.93. The standard InChI is InChI=1S/C21H23F2N7O2/c1-12(11-32-2)28-21-27-7-15-14(5-6-24-19(15)29-21)13-3-4-18-25-8-16(30(18)10-13)20(31)26-9-17(22)23/h3-5,7-8,10,12,17H,6,9,11H2,1-2H3,(H,26,31)(H2,24,27,28,29)/t12-/m0/s1. The summed E-state index contributed by atoms with van der Waals surface area (Å²) in [4.78, 5) is 25.5. The van der Waals surface area contributed by atoms with Crippen LogP contribution in [0.3, 0.4) is 0 Å². The van der Waals surface area contributed by atoms with Gasteiger partial charge in [0.05, 0.1) is 19.3 Å². The molecule has 1 amide bonds. The third-order valence-corrected chi connectivity index (χ3v) is 4.91. The number of alkyl halides is 2. The largest absolute Gasteiger partial charge is 0.383 e. The number of anilines is 2. The predicted molar refractivity (Wildman–Crippen MR) is 116 cm³/mol. The first-order valence-corrected chi connectivity index (χ1v) is 10.1. The van der Waals surface area contributed by atoms with Crippen molar-refractivity contribution in [1.29, 1.82) is 0 Å². The minimum Gasteiger partial charge on any atom is -0.383 e. The molecule has 11 heteroatoms. The van der Waals surface area contributed by atoms with Crippen LogP contribution in [0.5, 0.6) is 0 Å². The first kappa shape index (κ1) is 21.6. The molecule has 0 unspecified atom stereocenters. The minimum atomic E-state index is -2.62. The fourth-order valence-corrected chi connectivity index (χ4v) is 3.50. The van der Waals surface area contributed by atoms with Crippen molar-refractivity contribution in [3.63, 3.8) is 0 Å². The molecule has 0 fully saturated rings. The summed E-state index contributed by atoms with van der Waals surface area (Å²) in [5.74, 6) is 0.564. The maximum atomic E-state index is 12.5. The van der Waals surface area contributed by atoms with Crippen LogP contribution in [0.1, 0.15) is 28.5 Å². The molecule has 32 heavy (non-hydrogen) atoms. The number of halogens is 2. The summed E-state index contributed by atoms with van der Waals surface area (Å²) in [5.41, 5.74) is 3.24. The Morgan fingerprint density at radius 1 is 1.31 bits per heavy atom. The monoisotopic (exact) mass is 443 g/mol. The van der Waals surface area contributed by atoms with Crippen molar-refractivity contribution in [3.05, 3.63) is 53.6 Å². The normalized spacial score (nSPS) is 14.0. The van der Waals surface area contributed by atoms with Crippen LogP contribution in [0.4, 0.5) is 20.5 Å². The number of hydrogen-bond acceptors (Lipinski definition) is 7. The number of rotatable bonds is 8. The van der Waals surface area contributed by atoms with E-state index in [1.807, 2.05) is 19.1 Å². The van der Waals surface area contributed by atoms with Crippen molar-refractivity contribution in [1.82, 2.24) is 24.7 Å². The van der Waals surface area contributed by atoms with Gasteiger partial charge in [0.25, 0.3) is 12.3 Å². The van der Waals surface area contributed by atoms with Gasteiger partial charge in [0.2, 0.25) is 5.95 Å². The number of methoxy groups -OCH3 is 1. The molecule has 168 valence electrons. The van der Waals surface area contributed by atoms with E-state index in [9.17, 15) is 13.6 Å². The molecule has 1 aliphatic heterocycles. The van der Waals surface area contributed by atoms with Crippen LogP contribution >= 0.6 is 0 Å². The lowest BCUT2D eigenvalue weighted by molar-refractivity contribution is 0.0886. The number of carbonyl (C=O) groups excluding carboxylic acids is 1. The van der Waals surface area contributed by atoms with Gasteiger partial charge in [-0.25, -0.2) is 18.7 Å². The molecule has 9 nitrogen and oxygen atoms in total. The van der Waals surface area contributed by atoms with E-state index in [0.717, 1.165) is 16.7 Å². The quantitative estimate of drug-likeness (QED) is 0.491. The van der Waals surface area contributed by atoms with Crippen LogP contribution in [0, 0.1) is 0 Å². The maximum Gasteiger partial charge on any atom is 0.270 e. The first-order chi connectivity index (χ1) is 15.5. The Morgan fingerprint density at radius 2 is 2.16 bits per heavy atom. The highest BCUT2D eigenvalue weighted by Crippen LogP contribution is 2.31. The molecule has 4 heterocycles. The Labute approximate surface area is 182 Å². The SMILES string of the molecule is COC[C@H](C)Nc1ncc2c(n1)NCC=C2c1ccc2ncc(C(=O)NCC(F)F)n2c1. The van der Waals surface area contributed by atoms with Crippen molar-refractivity contribution < 1.29 is 18.3 Å². The van der Waals surface area contributed by atoms with Crippen LogP contribution < -0.4 is 16.0 Å². The van der Waals surface area contributed by atoms with Crippen molar-refractivity contribution in [3.8, 4) is 0 Å². The molecule has 1 aliphatic rings. The van der Waals surface area contributed by atoms with E-state index in [1.165, 1.54) is 6.20 Å². The molecule has 0 radical (unpaired) electrons. The summed E-state index contributed by atoms with van der Waals surface area (Å²) < 4.78 is 31.6. The van der Waals surface area contributed by atoms with Gasteiger partial charge in [-0.05, 0) is 30.2 Å². The van der Waals surface area contributed by atoms with Gasteiger partial charge in [0.1, 0.15) is 17.2 Å². The molecule has 0 spiro atoms. The number of aromatic nitrogens is 4. The number of ether oxygens (including phenoxy) is 1. The zero-order valence-corrected chi connectivity index (χ0v) is 17.6. The minimum absolute atomic E-state index is 0.0509. The predicted octanol–water partition coefficient (Wildman–Crippen LogP) is 2.42. The summed E-state index contributed by atoms with van der Waals surface area (Å²) >= 11 is 0. The van der Waals surface area contributed by atoms with E-state index in [4.69, 9.17) is 4.74 Å². The third-order valence-electron chi connectivity index (χ3n) is 4.91. The van der Waals surface area contributed by atoms with Gasteiger partial charge in [0.15, 0.2) is 0 Å². The highest BCUT2D eigenvalue weighted by atomic mass is 19.3. The molecule has 3 aromatic heterocycles. The lowest BCUT2D eigenvalue weighted by atomic mass is 9.98. The number of fused-ring (bicyclic) bond motifs is 2. The fraction of sp³-hybridized carbons (Fsp3) is 0.333. The lowest BCUT2D eigenvalue weighted by Gasteiger charge is -2.20. The summed E-state index contributed by atoms with van der Waals surface area (Å²) in [5, 5.41) is 8.65. The van der Waals surface area contributed by atoms with Crippen LogP contribution in [0.25, 0.3) is 11.2 Å². The maximum absolute atomic E-state index is 12.5. The molecular formula is C21H23F2N7O2. The topological polar surface area (TPSA) is 105 Å². The summed E-state index contributed by atoms with van der Waals surface area (Å²) in [6.07, 6.45) is 4.24. The van der Waals surface area contributed by atoms with Gasteiger partial charge in [-0.3, -0.25) is 9.20 Å². The lowest BCUT2D eigenvalue weighted by Crippen LogP contribution is -2.29. The van der Waals surface area contributed by atoms with Crippen LogP contribution in [-0.4, -0.2) is 64.5 Å². The van der Waals surface area contributed by atoms with Gasteiger partial charge >= 0.3 is 0 Å². The molecular weight excluding hydrogens is 420 g/mol. The number of hydrogen-bond donors (Lipinski definition) is 3. The summed E-state index contributed by atoms with van der Waals surface area (Å²) in [6.45, 7) is 2.35. The van der Waals surface area contributed by atoms with Crippen molar-refractivity contribution in [2.75, 3.05) is 37.4 Å².